The summed E-state index contributed by atoms with van der Waals surface area (Å²) in [5.74, 6) is 0. The third kappa shape index (κ3) is 1.81. The van der Waals surface area contributed by atoms with Crippen molar-refractivity contribution in [1.29, 1.82) is 0 Å². The van der Waals surface area contributed by atoms with Gasteiger partial charge in [-0.15, -0.1) is 0 Å². The molecule has 1 rings (SSSR count). The Bertz CT molecular complexity index is 289. The van der Waals surface area contributed by atoms with Crippen LogP contribution in [0, 0.1) is 0 Å². The van der Waals surface area contributed by atoms with Gasteiger partial charge in [-0.1, -0.05) is 43.8 Å². The van der Waals surface area contributed by atoms with Gasteiger partial charge >= 0.3 is 0 Å². The molecule has 1 N–H and O–H groups in total. The van der Waals surface area contributed by atoms with Crippen molar-refractivity contribution < 1.29 is 5.11 Å². The Morgan fingerprint density at radius 1 is 1.38 bits per heavy atom. The fourth-order valence-electron chi connectivity index (χ4n) is 1.47. The minimum atomic E-state index is -0.860. The minimum Gasteiger partial charge on any atom is -0.381 e. The molecule has 0 aliphatic heterocycles. The topological polar surface area (TPSA) is 20.2 Å². The van der Waals surface area contributed by atoms with Gasteiger partial charge in [0.2, 0.25) is 0 Å². The smallest absolute Gasteiger partial charge is 0.110 e. The largest absolute Gasteiger partial charge is 0.381 e. The van der Waals surface area contributed by atoms with E-state index in [9.17, 15) is 5.11 Å². The molecule has 0 spiro atoms. The monoisotopic (exact) mass is 176 g/mol. The summed E-state index contributed by atoms with van der Waals surface area (Å²) < 4.78 is 0. The minimum absolute atomic E-state index is 0.659. The fourth-order valence-corrected chi connectivity index (χ4v) is 1.47. The van der Waals surface area contributed by atoms with Crippen LogP contribution in [-0.4, -0.2) is 5.11 Å². The summed E-state index contributed by atoms with van der Waals surface area (Å²) in [4.78, 5) is 0. The standard InChI is InChI=1S/C12H16O/c1-4-12(13,10(2)3)11-8-6-5-7-9-11/h5-9,13H,2,4H2,1,3H3/t12-/m1/s1. The van der Waals surface area contributed by atoms with Crippen LogP contribution in [0.4, 0.5) is 0 Å². The highest BCUT2D eigenvalue weighted by molar-refractivity contribution is 5.30. The zero-order chi connectivity index (χ0) is 9.90. The van der Waals surface area contributed by atoms with Gasteiger partial charge < -0.3 is 5.11 Å². The lowest BCUT2D eigenvalue weighted by molar-refractivity contribution is 0.0725. The Kier molecular flexibility index (Phi) is 2.89. The third-order valence-corrected chi connectivity index (χ3v) is 2.47. The van der Waals surface area contributed by atoms with Crippen LogP contribution in [0.5, 0.6) is 0 Å². The molecule has 0 fully saturated rings. The van der Waals surface area contributed by atoms with Crippen LogP contribution in [0.25, 0.3) is 0 Å². The molecule has 1 aromatic carbocycles. The van der Waals surface area contributed by atoms with Gasteiger partial charge in [0, 0.05) is 0 Å². The lowest BCUT2D eigenvalue weighted by Crippen LogP contribution is -2.25. The van der Waals surface area contributed by atoms with Gasteiger partial charge in [0.1, 0.15) is 5.60 Å². The third-order valence-electron chi connectivity index (χ3n) is 2.47. The fraction of sp³-hybridized carbons (Fsp3) is 0.333. The Balaban J connectivity index is 3.11. The van der Waals surface area contributed by atoms with E-state index in [1.165, 1.54) is 0 Å². The first kappa shape index (κ1) is 10.0. The van der Waals surface area contributed by atoms with E-state index >= 15 is 0 Å². The molecule has 1 atom stereocenters. The average Bonchev–Trinajstić information content (AvgIpc) is 2.17. The Labute approximate surface area is 79.7 Å². The number of aliphatic hydroxyl groups is 1. The predicted molar refractivity (Wildman–Crippen MR) is 55.4 cm³/mol. The predicted octanol–water partition coefficient (Wildman–Crippen LogP) is 2.86. The summed E-state index contributed by atoms with van der Waals surface area (Å²) in [7, 11) is 0. The quantitative estimate of drug-likeness (QED) is 0.702. The van der Waals surface area contributed by atoms with Crippen molar-refractivity contribution in [2.45, 2.75) is 25.9 Å². The van der Waals surface area contributed by atoms with Gasteiger partial charge in [-0.25, -0.2) is 0 Å². The lowest BCUT2D eigenvalue weighted by Gasteiger charge is -2.27. The molecule has 0 aliphatic rings. The molecule has 70 valence electrons. The van der Waals surface area contributed by atoms with Crippen LogP contribution in [0.3, 0.4) is 0 Å². The molecular formula is C12H16O. The second kappa shape index (κ2) is 3.75. The van der Waals surface area contributed by atoms with Crippen molar-refractivity contribution in [2.24, 2.45) is 0 Å². The van der Waals surface area contributed by atoms with Crippen LogP contribution >= 0.6 is 0 Å². The van der Waals surface area contributed by atoms with Crippen LogP contribution in [-0.2, 0) is 5.60 Å². The number of rotatable bonds is 3. The number of benzene rings is 1. The van der Waals surface area contributed by atoms with Crippen LogP contribution < -0.4 is 0 Å². The Morgan fingerprint density at radius 2 is 1.92 bits per heavy atom. The lowest BCUT2D eigenvalue weighted by atomic mass is 9.85. The van der Waals surface area contributed by atoms with E-state index in [2.05, 4.69) is 6.58 Å². The molecule has 0 bridgehead atoms. The average molecular weight is 176 g/mol. The van der Waals surface area contributed by atoms with Gasteiger partial charge in [-0.3, -0.25) is 0 Å². The van der Waals surface area contributed by atoms with E-state index in [0.29, 0.717) is 6.42 Å². The SMILES string of the molecule is C=C(C)[C@](O)(CC)c1ccccc1. The van der Waals surface area contributed by atoms with Crippen molar-refractivity contribution >= 4 is 0 Å². The van der Waals surface area contributed by atoms with E-state index in [1.807, 2.05) is 44.2 Å². The molecule has 0 saturated carbocycles. The highest BCUT2D eigenvalue weighted by atomic mass is 16.3. The molecule has 13 heavy (non-hydrogen) atoms. The normalized spacial score (nSPS) is 15.0. The van der Waals surface area contributed by atoms with Crippen LogP contribution in [0.15, 0.2) is 42.5 Å². The molecular weight excluding hydrogens is 160 g/mol. The van der Waals surface area contributed by atoms with Gasteiger partial charge in [-0.2, -0.15) is 0 Å². The summed E-state index contributed by atoms with van der Waals surface area (Å²) in [6.07, 6.45) is 0.659. The Hall–Kier alpha value is -1.08. The molecule has 0 aromatic heterocycles. The Morgan fingerprint density at radius 3 is 2.31 bits per heavy atom. The van der Waals surface area contributed by atoms with Gasteiger partial charge in [0.15, 0.2) is 0 Å². The van der Waals surface area contributed by atoms with E-state index in [1.54, 1.807) is 0 Å². The van der Waals surface area contributed by atoms with Crippen molar-refractivity contribution in [3.63, 3.8) is 0 Å². The van der Waals surface area contributed by atoms with Crippen molar-refractivity contribution in [3.8, 4) is 0 Å². The number of hydrogen-bond donors (Lipinski definition) is 1. The van der Waals surface area contributed by atoms with E-state index < -0.39 is 5.60 Å². The second-order valence-corrected chi connectivity index (χ2v) is 3.36. The second-order valence-electron chi connectivity index (χ2n) is 3.36. The highest BCUT2D eigenvalue weighted by Gasteiger charge is 2.27. The summed E-state index contributed by atoms with van der Waals surface area (Å²) in [6.45, 7) is 7.64. The van der Waals surface area contributed by atoms with E-state index in [4.69, 9.17) is 0 Å². The molecule has 1 heteroatoms. The molecule has 0 saturated heterocycles. The first-order chi connectivity index (χ1) is 6.11. The summed E-state index contributed by atoms with van der Waals surface area (Å²) in [6, 6.07) is 9.66. The molecule has 0 unspecified atom stereocenters. The molecule has 0 aliphatic carbocycles. The molecule has 0 amide bonds. The summed E-state index contributed by atoms with van der Waals surface area (Å²) >= 11 is 0. The number of hydrogen-bond acceptors (Lipinski definition) is 1. The highest BCUT2D eigenvalue weighted by Crippen LogP contribution is 2.30. The van der Waals surface area contributed by atoms with Crippen molar-refractivity contribution in [2.75, 3.05) is 0 Å². The summed E-state index contributed by atoms with van der Waals surface area (Å²) in [5, 5.41) is 10.3. The molecule has 1 nitrogen and oxygen atoms in total. The van der Waals surface area contributed by atoms with E-state index in [-0.39, 0.29) is 0 Å². The maximum absolute atomic E-state index is 10.3. The van der Waals surface area contributed by atoms with Gasteiger partial charge in [0.25, 0.3) is 0 Å². The molecule has 1 aromatic rings. The van der Waals surface area contributed by atoms with E-state index in [0.717, 1.165) is 11.1 Å². The van der Waals surface area contributed by atoms with Crippen LogP contribution in [0.2, 0.25) is 0 Å². The summed E-state index contributed by atoms with van der Waals surface area (Å²) in [5.41, 5.74) is 0.854. The molecule has 0 heterocycles. The zero-order valence-corrected chi connectivity index (χ0v) is 8.25. The maximum Gasteiger partial charge on any atom is 0.110 e. The van der Waals surface area contributed by atoms with Crippen molar-refractivity contribution in [3.05, 3.63) is 48.0 Å². The zero-order valence-electron chi connectivity index (χ0n) is 8.25. The first-order valence-corrected chi connectivity index (χ1v) is 4.55. The van der Waals surface area contributed by atoms with Gasteiger partial charge in [0.05, 0.1) is 0 Å². The maximum atomic E-state index is 10.3. The first-order valence-electron chi connectivity index (χ1n) is 4.55. The molecule has 0 radical (unpaired) electrons. The van der Waals surface area contributed by atoms with Gasteiger partial charge in [-0.05, 0) is 24.5 Å². The van der Waals surface area contributed by atoms with Crippen molar-refractivity contribution in [1.82, 2.24) is 0 Å². The van der Waals surface area contributed by atoms with Crippen LogP contribution in [0.1, 0.15) is 25.8 Å².